The van der Waals surface area contributed by atoms with Crippen LogP contribution in [0.2, 0.25) is 0 Å². The molecule has 2 amide bonds. The van der Waals surface area contributed by atoms with Crippen LogP contribution in [0.15, 0.2) is 48.0 Å². The summed E-state index contributed by atoms with van der Waals surface area (Å²) in [5.74, 6) is -0.0624. The van der Waals surface area contributed by atoms with Crippen LogP contribution >= 0.6 is 11.3 Å². The largest absolute Gasteiger partial charge is 0.368 e. The minimum absolute atomic E-state index is 0.0400. The molecule has 3 N–H and O–H groups in total. The number of hydrogen-bond acceptors (Lipinski definition) is 6. The zero-order valence-corrected chi connectivity index (χ0v) is 19.1. The lowest BCUT2D eigenvalue weighted by molar-refractivity contribution is -0.133. The number of benzene rings is 1. The first-order chi connectivity index (χ1) is 15.4. The number of amides is 2. The molecule has 0 bridgehead atoms. The number of nitrogens with one attached hydrogen (secondary N) is 1. The van der Waals surface area contributed by atoms with E-state index >= 15 is 0 Å². The number of carbonyl (C=O) groups is 2. The average molecular weight is 450 g/mol. The van der Waals surface area contributed by atoms with Gasteiger partial charge in [0.2, 0.25) is 11.9 Å². The van der Waals surface area contributed by atoms with Gasteiger partial charge in [-0.1, -0.05) is 30.3 Å². The molecule has 0 radical (unpaired) electrons. The lowest BCUT2D eigenvalue weighted by Crippen LogP contribution is -2.54. The molecule has 3 aromatic rings. The third kappa shape index (κ3) is 4.36. The number of thiophene rings is 1. The number of piperidine rings is 1. The second-order valence-electron chi connectivity index (χ2n) is 8.27. The molecule has 8 heteroatoms. The smallest absolute Gasteiger partial charge is 0.257 e. The molecule has 166 valence electrons. The van der Waals surface area contributed by atoms with Crippen LogP contribution in [0.1, 0.15) is 34.5 Å². The van der Waals surface area contributed by atoms with Crippen molar-refractivity contribution in [2.24, 2.45) is 5.41 Å². The molecule has 7 nitrogen and oxygen atoms in total. The number of hydrogen-bond donors (Lipinski definition) is 2. The number of aromatic nitrogens is 2. The molecule has 1 atom stereocenters. The molecule has 3 heterocycles. The van der Waals surface area contributed by atoms with Crippen molar-refractivity contribution in [1.82, 2.24) is 20.2 Å². The summed E-state index contributed by atoms with van der Waals surface area (Å²) in [6.07, 6.45) is 3.50. The van der Waals surface area contributed by atoms with Gasteiger partial charge in [-0.3, -0.25) is 9.59 Å². The summed E-state index contributed by atoms with van der Waals surface area (Å²) in [5, 5.41) is 4.90. The second-order valence-corrected chi connectivity index (χ2v) is 9.22. The van der Waals surface area contributed by atoms with Gasteiger partial charge in [0.1, 0.15) is 0 Å². The number of anilines is 1. The van der Waals surface area contributed by atoms with Gasteiger partial charge in [-0.2, -0.15) is 0 Å². The summed E-state index contributed by atoms with van der Waals surface area (Å²) in [5.41, 5.74) is 8.14. The highest BCUT2D eigenvalue weighted by Gasteiger charge is 2.43. The number of rotatable bonds is 5. The predicted octanol–water partition coefficient (Wildman–Crippen LogP) is 3.31. The van der Waals surface area contributed by atoms with Gasteiger partial charge in [0.05, 0.1) is 16.7 Å². The predicted molar refractivity (Wildman–Crippen MR) is 126 cm³/mol. The topological polar surface area (TPSA) is 101 Å². The molecule has 1 aromatic carbocycles. The van der Waals surface area contributed by atoms with Crippen molar-refractivity contribution in [2.45, 2.75) is 26.2 Å². The molecule has 0 unspecified atom stereocenters. The third-order valence-corrected chi connectivity index (χ3v) is 7.00. The number of nitrogen functional groups attached to an aromatic ring is 1. The molecule has 0 aliphatic carbocycles. The molecule has 4 rings (SSSR count). The second kappa shape index (κ2) is 9.08. The zero-order chi connectivity index (χ0) is 22.7. The Bertz CT molecular complexity index is 1130. The maximum atomic E-state index is 13.3. The van der Waals surface area contributed by atoms with E-state index in [1.54, 1.807) is 30.2 Å². The van der Waals surface area contributed by atoms with E-state index in [0.29, 0.717) is 30.8 Å². The first-order valence-electron chi connectivity index (χ1n) is 10.7. The Morgan fingerprint density at radius 1 is 1.28 bits per heavy atom. The van der Waals surface area contributed by atoms with E-state index in [1.807, 2.05) is 12.1 Å². The minimum Gasteiger partial charge on any atom is -0.368 e. The van der Waals surface area contributed by atoms with E-state index in [2.05, 4.69) is 44.9 Å². The van der Waals surface area contributed by atoms with Crippen molar-refractivity contribution in [3.05, 3.63) is 64.8 Å². The van der Waals surface area contributed by atoms with Gasteiger partial charge >= 0.3 is 0 Å². The normalized spacial score (nSPS) is 18.4. The van der Waals surface area contributed by atoms with Gasteiger partial charge in [-0.25, -0.2) is 9.97 Å². The van der Waals surface area contributed by atoms with E-state index in [1.165, 1.54) is 11.1 Å². The minimum atomic E-state index is -0.695. The van der Waals surface area contributed by atoms with Gasteiger partial charge in [0, 0.05) is 31.2 Å². The molecule has 0 spiro atoms. The van der Waals surface area contributed by atoms with Crippen LogP contribution in [-0.2, 0) is 11.2 Å². The monoisotopic (exact) mass is 449 g/mol. The Hall–Kier alpha value is -3.26. The number of likely N-dealkylation sites (tertiary alicyclic amines) is 1. The van der Waals surface area contributed by atoms with E-state index in [9.17, 15) is 9.59 Å². The molecule has 2 aromatic heterocycles. The van der Waals surface area contributed by atoms with E-state index in [0.717, 1.165) is 24.0 Å². The Labute approximate surface area is 191 Å². The van der Waals surface area contributed by atoms with Crippen molar-refractivity contribution in [2.75, 3.05) is 25.9 Å². The fourth-order valence-corrected chi connectivity index (χ4v) is 5.24. The summed E-state index contributed by atoms with van der Waals surface area (Å²) >= 11 is 1.69. The first kappa shape index (κ1) is 22.0. The Morgan fingerprint density at radius 2 is 2.12 bits per heavy atom. The van der Waals surface area contributed by atoms with Gasteiger partial charge in [0.25, 0.3) is 5.91 Å². The lowest BCUT2D eigenvalue weighted by atomic mass is 9.74. The van der Waals surface area contributed by atoms with E-state index in [-0.39, 0.29) is 17.8 Å². The molecule has 32 heavy (non-hydrogen) atoms. The highest BCUT2D eigenvalue weighted by atomic mass is 32.1. The lowest BCUT2D eigenvalue weighted by Gasteiger charge is -2.41. The van der Waals surface area contributed by atoms with Crippen LogP contribution in [0.25, 0.3) is 10.4 Å². The Kier molecular flexibility index (Phi) is 6.23. The number of carbonyl (C=O) groups excluding carboxylic acids is 2. The molecular formula is C24H27N5O2S. The van der Waals surface area contributed by atoms with Crippen molar-refractivity contribution < 1.29 is 9.59 Å². The summed E-state index contributed by atoms with van der Waals surface area (Å²) < 4.78 is 0. The van der Waals surface area contributed by atoms with Gasteiger partial charge in [0.15, 0.2) is 0 Å². The maximum Gasteiger partial charge on any atom is 0.257 e. The fourth-order valence-electron chi connectivity index (χ4n) is 4.51. The molecule has 1 aliphatic rings. The summed E-state index contributed by atoms with van der Waals surface area (Å²) in [4.78, 5) is 37.5. The van der Waals surface area contributed by atoms with Crippen molar-refractivity contribution >= 4 is 29.1 Å². The van der Waals surface area contributed by atoms with Crippen LogP contribution in [0.4, 0.5) is 5.95 Å². The molecule has 1 fully saturated rings. The zero-order valence-electron chi connectivity index (χ0n) is 18.3. The number of nitrogens with two attached hydrogens (primary N) is 1. The molecule has 1 saturated heterocycles. The number of aryl methyl sites for hydroxylation is 1. The SMILES string of the molecule is CNC(=O)[C@]1(Cc2cccc(-c3cccs3)c2)CCCN(C(=O)c2cnc(N)nc2C)C1. The third-order valence-electron chi connectivity index (χ3n) is 6.08. The van der Waals surface area contributed by atoms with E-state index < -0.39 is 5.41 Å². The maximum absolute atomic E-state index is 13.3. The molecule has 0 saturated carbocycles. The first-order valence-corrected chi connectivity index (χ1v) is 11.5. The quantitative estimate of drug-likeness (QED) is 0.622. The van der Waals surface area contributed by atoms with Crippen LogP contribution in [0.5, 0.6) is 0 Å². The highest BCUT2D eigenvalue weighted by molar-refractivity contribution is 7.13. The van der Waals surface area contributed by atoms with Gasteiger partial charge in [-0.15, -0.1) is 11.3 Å². The fraction of sp³-hybridized carbons (Fsp3) is 0.333. The standard InChI is InChI=1S/C24H27N5O2S/c1-16-19(14-27-23(25)28-16)21(30)29-10-5-9-24(15-29,22(31)26-2)13-17-6-3-7-18(12-17)20-8-4-11-32-20/h3-4,6-8,11-12,14H,5,9-10,13,15H2,1-2H3,(H,26,31)(H2,25,27,28)/t24-/m0/s1. The Morgan fingerprint density at radius 3 is 2.84 bits per heavy atom. The van der Waals surface area contributed by atoms with Crippen LogP contribution in [0, 0.1) is 12.3 Å². The summed E-state index contributed by atoms with van der Waals surface area (Å²) in [6.45, 7) is 2.69. The summed E-state index contributed by atoms with van der Waals surface area (Å²) in [7, 11) is 1.66. The number of nitrogens with zero attached hydrogens (tertiary/aromatic N) is 3. The van der Waals surface area contributed by atoms with Crippen LogP contribution in [0.3, 0.4) is 0 Å². The van der Waals surface area contributed by atoms with E-state index in [4.69, 9.17) is 5.73 Å². The molecule has 1 aliphatic heterocycles. The summed E-state index contributed by atoms with van der Waals surface area (Å²) in [6, 6.07) is 12.4. The van der Waals surface area contributed by atoms with Crippen LogP contribution in [-0.4, -0.2) is 46.8 Å². The van der Waals surface area contributed by atoms with Gasteiger partial charge < -0.3 is 16.0 Å². The average Bonchev–Trinajstić information content (AvgIpc) is 3.33. The van der Waals surface area contributed by atoms with Crippen molar-refractivity contribution in [3.8, 4) is 10.4 Å². The molecular weight excluding hydrogens is 422 g/mol. The van der Waals surface area contributed by atoms with Crippen LogP contribution < -0.4 is 11.1 Å². The van der Waals surface area contributed by atoms with Crippen molar-refractivity contribution in [1.29, 1.82) is 0 Å². The Balaban J connectivity index is 1.62. The highest BCUT2D eigenvalue weighted by Crippen LogP contribution is 2.36. The van der Waals surface area contributed by atoms with Gasteiger partial charge in [-0.05, 0) is 48.8 Å². The van der Waals surface area contributed by atoms with Crippen molar-refractivity contribution in [3.63, 3.8) is 0 Å².